The molecule has 27 heavy (non-hydrogen) atoms. The molecule has 1 fully saturated rings. The van der Waals surface area contributed by atoms with E-state index in [1.807, 2.05) is 77.4 Å². The lowest BCUT2D eigenvalue weighted by atomic mass is 9.94. The third-order valence-electron chi connectivity index (χ3n) is 5.23. The average Bonchev–Trinajstić information content (AvgIpc) is 2.99. The molecule has 0 saturated carbocycles. The van der Waals surface area contributed by atoms with E-state index in [4.69, 9.17) is 5.73 Å². The zero-order valence-corrected chi connectivity index (χ0v) is 15.8. The first kappa shape index (κ1) is 19.1. The van der Waals surface area contributed by atoms with E-state index in [0.29, 0.717) is 31.7 Å². The summed E-state index contributed by atoms with van der Waals surface area (Å²) >= 11 is 0. The van der Waals surface area contributed by atoms with E-state index in [2.05, 4.69) is 0 Å². The van der Waals surface area contributed by atoms with Crippen molar-refractivity contribution in [3.8, 4) is 0 Å². The highest BCUT2D eigenvalue weighted by atomic mass is 16.2. The van der Waals surface area contributed by atoms with Crippen LogP contribution in [0.5, 0.6) is 0 Å². The van der Waals surface area contributed by atoms with Crippen LogP contribution in [0.3, 0.4) is 0 Å². The van der Waals surface area contributed by atoms with Crippen molar-refractivity contribution in [3.05, 3.63) is 71.8 Å². The minimum atomic E-state index is -0.330. The van der Waals surface area contributed by atoms with Gasteiger partial charge in [0.15, 0.2) is 0 Å². The van der Waals surface area contributed by atoms with Crippen molar-refractivity contribution < 1.29 is 9.59 Å². The van der Waals surface area contributed by atoms with Crippen LogP contribution in [0, 0.1) is 5.92 Å². The number of amides is 2. The SMILES string of the molecule is CC(C(=O)N1CCCN(C(=O)c2ccccc2)CC1)C(N)c1ccccc1. The topological polar surface area (TPSA) is 66.6 Å². The largest absolute Gasteiger partial charge is 0.341 e. The summed E-state index contributed by atoms with van der Waals surface area (Å²) in [6.45, 7) is 4.30. The summed E-state index contributed by atoms with van der Waals surface area (Å²) in [5.41, 5.74) is 7.98. The van der Waals surface area contributed by atoms with Gasteiger partial charge in [0.25, 0.3) is 5.91 Å². The molecule has 5 heteroatoms. The molecular weight excluding hydrogens is 338 g/mol. The first-order chi connectivity index (χ1) is 13.1. The number of hydrogen-bond donors (Lipinski definition) is 1. The van der Waals surface area contributed by atoms with Crippen molar-refractivity contribution in [2.75, 3.05) is 26.2 Å². The maximum absolute atomic E-state index is 13.0. The van der Waals surface area contributed by atoms with E-state index >= 15 is 0 Å². The number of rotatable bonds is 4. The van der Waals surface area contributed by atoms with E-state index in [0.717, 1.165) is 12.0 Å². The number of hydrogen-bond acceptors (Lipinski definition) is 3. The van der Waals surface area contributed by atoms with Gasteiger partial charge in [0.05, 0.1) is 5.92 Å². The molecule has 2 aromatic rings. The molecule has 2 unspecified atom stereocenters. The molecule has 0 spiro atoms. The lowest BCUT2D eigenvalue weighted by Crippen LogP contribution is -2.42. The molecule has 1 aliphatic rings. The smallest absolute Gasteiger partial charge is 0.253 e. The predicted octanol–water partition coefficient (Wildman–Crippen LogP) is 2.70. The van der Waals surface area contributed by atoms with Crippen LogP contribution in [0.15, 0.2) is 60.7 Å². The van der Waals surface area contributed by atoms with E-state index < -0.39 is 0 Å². The number of nitrogens with zero attached hydrogens (tertiary/aromatic N) is 2. The molecule has 1 saturated heterocycles. The Morgan fingerprint density at radius 1 is 0.852 bits per heavy atom. The minimum Gasteiger partial charge on any atom is -0.341 e. The maximum Gasteiger partial charge on any atom is 0.253 e. The summed E-state index contributed by atoms with van der Waals surface area (Å²) in [5.74, 6) is -0.219. The fourth-order valence-electron chi connectivity index (χ4n) is 3.51. The molecule has 142 valence electrons. The Balaban J connectivity index is 1.62. The van der Waals surface area contributed by atoms with Gasteiger partial charge in [-0.05, 0) is 24.1 Å². The summed E-state index contributed by atoms with van der Waals surface area (Å²) in [7, 11) is 0. The van der Waals surface area contributed by atoms with Gasteiger partial charge >= 0.3 is 0 Å². The molecule has 2 amide bonds. The van der Waals surface area contributed by atoms with Crippen LogP contribution in [0.4, 0.5) is 0 Å². The quantitative estimate of drug-likeness (QED) is 0.906. The molecule has 0 radical (unpaired) electrons. The summed E-state index contributed by atoms with van der Waals surface area (Å²) in [4.78, 5) is 29.3. The first-order valence-electron chi connectivity index (χ1n) is 9.51. The number of carbonyl (C=O) groups excluding carboxylic acids is 2. The second-order valence-corrected chi connectivity index (χ2v) is 7.06. The van der Waals surface area contributed by atoms with Gasteiger partial charge in [0, 0.05) is 37.8 Å². The molecule has 2 N–H and O–H groups in total. The number of benzene rings is 2. The third kappa shape index (κ3) is 4.55. The van der Waals surface area contributed by atoms with Crippen LogP contribution >= 0.6 is 0 Å². The van der Waals surface area contributed by atoms with Crippen LogP contribution in [0.25, 0.3) is 0 Å². The highest BCUT2D eigenvalue weighted by Gasteiger charge is 2.29. The first-order valence-corrected chi connectivity index (χ1v) is 9.51. The standard InChI is InChI=1S/C22H27N3O2/c1-17(20(23)18-9-4-2-5-10-18)21(26)24-13-8-14-25(16-15-24)22(27)19-11-6-3-7-12-19/h2-7,9-12,17,20H,8,13-16,23H2,1H3. The Hall–Kier alpha value is -2.66. The van der Waals surface area contributed by atoms with E-state index in [9.17, 15) is 9.59 Å². The molecule has 1 aliphatic heterocycles. The predicted molar refractivity (Wildman–Crippen MR) is 106 cm³/mol. The summed E-state index contributed by atoms with van der Waals surface area (Å²) in [6, 6.07) is 18.7. The van der Waals surface area contributed by atoms with Gasteiger partial charge in [-0.1, -0.05) is 55.5 Å². The Morgan fingerprint density at radius 3 is 2.07 bits per heavy atom. The average molecular weight is 365 g/mol. The normalized spacial score (nSPS) is 17.1. The Morgan fingerprint density at radius 2 is 1.41 bits per heavy atom. The van der Waals surface area contributed by atoms with Crippen molar-refractivity contribution in [1.29, 1.82) is 0 Å². The molecule has 2 aromatic carbocycles. The fraction of sp³-hybridized carbons (Fsp3) is 0.364. The van der Waals surface area contributed by atoms with Gasteiger partial charge in [-0.3, -0.25) is 9.59 Å². The van der Waals surface area contributed by atoms with Crippen molar-refractivity contribution >= 4 is 11.8 Å². The highest BCUT2D eigenvalue weighted by Crippen LogP contribution is 2.22. The van der Waals surface area contributed by atoms with Gasteiger partial charge in [0.1, 0.15) is 0 Å². The van der Waals surface area contributed by atoms with Crippen LogP contribution in [0.2, 0.25) is 0 Å². The molecule has 3 rings (SSSR count). The third-order valence-corrected chi connectivity index (χ3v) is 5.23. The van der Waals surface area contributed by atoms with Crippen LogP contribution < -0.4 is 5.73 Å². The van der Waals surface area contributed by atoms with Gasteiger partial charge < -0.3 is 15.5 Å². The summed E-state index contributed by atoms with van der Waals surface area (Å²) in [5, 5.41) is 0. The maximum atomic E-state index is 13.0. The fourth-order valence-corrected chi connectivity index (χ4v) is 3.51. The van der Waals surface area contributed by atoms with Crippen LogP contribution in [-0.2, 0) is 4.79 Å². The molecule has 2 atom stereocenters. The van der Waals surface area contributed by atoms with Crippen LogP contribution in [0.1, 0.15) is 35.3 Å². The highest BCUT2D eigenvalue weighted by molar-refractivity contribution is 5.94. The van der Waals surface area contributed by atoms with Crippen molar-refractivity contribution in [2.45, 2.75) is 19.4 Å². The van der Waals surface area contributed by atoms with Gasteiger partial charge in [0.2, 0.25) is 5.91 Å². The zero-order chi connectivity index (χ0) is 19.2. The molecular formula is C22H27N3O2. The minimum absolute atomic E-state index is 0.0268. The van der Waals surface area contributed by atoms with E-state index in [1.54, 1.807) is 0 Å². The van der Waals surface area contributed by atoms with Gasteiger partial charge in [-0.25, -0.2) is 0 Å². The molecule has 0 aliphatic carbocycles. The lowest BCUT2D eigenvalue weighted by Gasteiger charge is -2.27. The molecule has 5 nitrogen and oxygen atoms in total. The molecule has 1 heterocycles. The molecule has 0 aromatic heterocycles. The number of nitrogens with two attached hydrogens (primary N) is 1. The van der Waals surface area contributed by atoms with E-state index in [1.165, 1.54) is 0 Å². The monoisotopic (exact) mass is 365 g/mol. The summed E-state index contributed by atoms with van der Waals surface area (Å²) < 4.78 is 0. The van der Waals surface area contributed by atoms with Crippen molar-refractivity contribution in [2.24, 2.45) is 11.7 Å². The second-order valence-electron chi connectivity index (χ2n) is 7.06. The van der Waals surface area contributed by atoms with E-state index in [-0.39, 0.29) is 23.8 Å². The summed E-state index contributed by atoms with van der Waals surface area (Å²) in [6.07, 6.45) is 0.775. The van der Waals surface area contributed by atoms with Crippen molar-refractivity contribution in [1.82, 2.24) is 9.80 Å². The van der Waals surface area contributed by atoms with Crippen molar-refractivity contribution in [3.63, 3.8) is 0 Å². The zero-order valence-electron chi connectivity index (χ0n) is 15.8. The van der Waals surface area contributed by atoms with Crippen LogP contribution in [-0.4, -0.2) is 47.8 Å². The van der Waals surface area contributed by atoms with Gasteiger partial charge in [-0.15, -0.1) is 0 Å². The lowest BCUT2D eigenvalue weighted by molar-refractivity contribution is -0.135. The second kappa shape index (κ2) is 8.82. The number of carbonyl (C=O) groups is 2. The Labute approximate surface area is 160 Å². The van der Waals surface area contributed by atoms with Gasteiger partial charge in [-0.2, -0.15) is 0 Å². The molecule has 0 bridgehead atoms. The Kier molecular flexibility index (Phi) is 6.24. The Bertz CT molecular complexity index is 764.